The highest BCUT2D eigenvalue weighted by Crippen LogP contribution is 2.35. The molecule has 4 aromatic rings. The van der Waals surface area contributed by atoms with Gasteiger partial charge < -0.3 is 5.32 Å². The Morgan fingerprint density at radius 1 is 1.18 bits per heavy atom. The van der Waals surface area contributed by atoms with E-state index in [4.69, 9.17) is 11.6 Å². The van der Waals surface area contributed by atoms with E-state index in [0.29, 0.717) is 10.6 Å². The molecule has 172 valence electrons. The summed E-state index contributed by atoms with van der Waals surface area (Å²) in [5.41, 5.74) is -1.39. The molecule has 0 saturated heterocycles. The van der Waals surface area contributed by atoms with Gasteiger partial charge in [0, 0.05) is 5.02 Å². The van der Waals surface area contributed by atoms with Crippen molar-refractivity contribution < 1.29 is 18.0 Å². The van der Waals surface area contributed by atoms with Crippen molar-refractivity contribution in [1.29, 1.82) is 5.26 Å². The fraction of sp³-hybridized carbons (Fsp3) is 0.143. The van der Waals surface area contributed by atoms with Crippen LogP contribution >= 0.6 is 11.6 Å². The Bertz CT molecular complexity index is 1390. The van der Waals surface area contributed by atoms with Crippen LogP contribution in [-0.2, 0) is 6.18 Å². The van der Waals surface area contributed by atoms with Crippen molar-refractivity contribution in [3.63, 3.8) is 0 Å². The second-order valence-corrected chi connectivity index (χ2v) is 7.50. The Kier molecular flexibility index (Phi) is 6.04. The standard InChI is InChI=1S/C21H14ClF3N8O/c1-12(13-3-2-4-15(22)7-13)32-18(21(23,24)25)17(11-30-32)20(34)31-16-8-14(9-26)19(27-10-16)33-28-5-6-29-33/h2-8,10-12H,1H3,(H,31,34). The molecule has 1 N–H and O–H groups in total. The van der Waals surface area contributed by atoms with E-state index in [1.807, 2.05) is 6.07 Å². The van der Waals surface area contributed by atoms with Crippen molar-refractivity contribution in [2.24, 2.45) is 0 Å². The van der Waals surface area contributed by atoms with Crippen LogP contribution in [0.15, 0.2) is 55.1 Å². The number of benzene rings is 1. The van der Waals surface area contributed by atoms with E-state index >= 15 is 0 Å². The largest absolute Gasteiger partial charge is 0.433 e. The summed E-state index contributed by atoms with van der Waals surface area (Å²) in [5.74, 6) is -0.961. The van der Waals surface area contributed by atoms with Crippen molar-refractivity contribution in [2.45, 2.75) is 19.1 Å². The first-order valence-electron chi connectivity index (χ1n) is 9.67. The van der Waals surface area contributed by atoms with Crippen LogP contribution in [0.4, 0.5) is 18.9 Å². The van der Waals surface area contributed by atoms with Gasteiger partial charge in [0.15, 0.2) is 11.5 Å². The third-order valence-electron chi connectivity index (χ3n) is 4.86. The maximum atomic E-state index is 14.0. The Hall–Kier alpha value is -4.24. The van der Waals surface area contributed by atoms with Crippen LogP contribution in [0.3, 0.4) is 0 Å². The van der Waals surface area contributed by atoms with Gasteiger partial charge in [-0.15, -0.1) is 4.80 Å². The molecule has 4 rings (SSSR count). The SMILES string of the molecule is CC(c1cccc(Cl)c1)n1ncc(C(=O)Nc2cnc(-n3nccn3)c(C#N)c2)c1C(F)(F)F. The number of nitrogens with zero attached hydrogens (tertiary/aromatic N) is 7. The average molecular weight is 487 g/mol. The van der Waals surface area contributed by atoms with Gasteiger partial charge >= 0.3 is 6.18 Å². The summed E-state index contributed by atoms with van der Waals surface area (Å²) in [6.45, 7) is 1.51. The molecule has 0 bridgehead atoms. The first-order valence-corrected chi connectivity index (χ1v) is 10.0. The molecule has 0 aliphatic carbocycles. The number of amides is 1. The molecule has 34 heavy (non-hydrogen) atoms. The molecule has 1 atom stereocenters. The zero-order valence-electron chi connectivity index (χ0n) is 17.3. The number of alkyl halides is 3. The topological polar surface area (TPSA) is 114 Å². The third-order valence-corrected chi connectivity index (χ3v) is 5.09. The molecule has 0 aliphatic rings. The number of aromatic nitrogens is 6. The van der Waals surface area contributed by atoms with Crippen molar-refractivity contribution >= 4 is 23.2 Å². The first-order chi connectivity index (χ1) is 16.2. The van der Waals surface area contributed by atoms with Crippen LogP contribution in [0.5, 0.6) is 0 Å². The minimum Gasteiger partial charge on any atom is -0.320 e. The van der Waals surface area contributed by atoms with E-state index < -0.39 is 29.4 Å². The highest BCUT2D eigenvalue weighted by Gasteiger charge is 2.41. The molecule has 1 aromatic carbocycles. The molecule has 1 unspecified atom stereocenters. The summed E-state index contributed by atoms with van der Waals surface area (Å²) in [5, 5.41) is 23.7. The highest BCUT2D eigenvalue weighted by atomic mass is 35.5. The van der Waals surface area contributed by atoms with Gasteiger partial charge in [-0.3, -0.25) is 9.48 Å². The maximum Gasteiger partial charge on any atom is 0.433 e. The number of hydrogen-bond acceptors (Lipinski definition) is 6. The van der Waals surface area contributed by atoms with Crippen molar-refractivity contribution in [3.8, 4) is 11.9 Å². The number of rotatable bonds is 5. The molecule has 0 radical (unpaired) electrons. The van der Waals surface area contributed by atoms with Crippen LogP contribution < -0.4 is 5.32 Å². The maximum absolute atomic E-state index is 14.0. The predicted octanol–water partition coefficient (Wildman–Crippen LogP) is 4.26. The molecule has 1 amide bonds. The number of nitrogens with one attached hydrogen (secondary N) is 1. The Labute approximate surface area is 195 Å². The minimum absolute atomic E-state index is 0.00955. The van der Waals surface area contributed by atoms with E-state index in [2.05, 4.69) is 25.6 Å². The fourth-order valence-corrected chi connectivity index (χ4v) is 3.50. The molecule has 0 aliphatic heterocycles. The number of carbonyl (C=O) groups excluding carboxylic acids is 1. The molecular weight excluding hydrogens is 473 g/mol. The Morgan fingerprint density at radius 2 is 1.91 bits per heavy atom. The molecule has 9 nitrogen and oxygen atoms in total. The smallest absolute Gasteiger partial charge is 0.320 e. The zero-order valence-corrected chi connectivity index (χ0v) is 18.1. The molecule has 13 heteroatoms. The summed E-state index contributed by atoms with van der Waals surface area (Å²) in [7, 11) is 0. The number of nitriles is 1. The third kappa shape index (κ3) is 4.46. The predicted molar refractivity (Wildman–Crippen MR) is 114 cm³/mol. The van der Waals surface area contributed by atoms with Crippen molar-refractivity contribution in [2.75, 3.05) is 5.32 Å². The van der Waals surface area contributed by atoms with Crippen LogP contribution in [0.25, 0.3) is 5.82 Å². The average Bonchev–Trinajstić information content (AvgIpc) is 3.48. The van der Waals surface area contributed by atoms with Crippen LogP contribution in [0.1, 0.15) is 40.1 Å². The number of hydrogen-bond donors (Lipinski definition) is 1. The van der Waals surface area contributed by atoms with E-state index in [9.17, 15) is 23.2 Å². The number of pyridine rings is 1. The van der Waals surface area contributed by atoms with E-state index in [1.54, 1.807) is 18.2 Å². The number of anilines is 1. The van der Waals surface area contributed by atoms with Gasteiger partial charge in [-0.2, -0.15) is 33.7 Å². The summed E-state index contributed by atoms with van der Waals surface area (Å²) < 4.78 is 42.7. The number of carbonyl (C=O) groups is 1. The molecule has 3 heterocycles. The van der Waals surface area contributed by atoms with Crippen LogP contribution in [-0.4, -0.2) is 35.7 Å². The van der Waals surface area contributed by atoms with Crippen LogP contribution in [0, 0.1) is 11.3 Å². The quantitative estimate of drug-likeness (QED) is 0.450. The van der Waals surface area contributed by atoms with Crippen LogP contribution in [0.2, 0.25) is 5.02 Å². The molecule has 0 fully saturated rings. The lowest BCUT2D eigenvalue weighted by atomic mass is 10.1. The zero-order chi connectivity index (χ0) is 24.5. The van der Waals surface area contributed by atoms with Crippen molar-refractivity contribution in [3.05, 3.63) is 82.5 Å². The van der Waals surface area contributed by atoms with Gasteiger partial charge in [0.2, 0.25) is 0 Å². The van der Waals surface area contributed by atoms with Gasteiger partial charge in [0.25, 0.3) is 5.91 Å². The van der Waals surface area contributed by atoms with Gasteiger partial charge in [-0.25, -0.2) is 4.98 Å². The summed E-state index contributed by atoms with van der Waals surface area (Å²) in [4.78, 5) is 17.9. The lowest BCUT2D eigenvalue weighted by molar-refractivity contribution is -0.144. The second kappa shape index (κ2) is 8.95. The van der Waals surface area contributed by atoms with E-state index in [-0.39, 0.29) is 17.1 Å². The summed E-state index contributed by atoms with van der Waals surface area (Å²) in [6, 6.07) is 8.65. The van der Waals surface area contributed by atoms with Crippen molar-refractivity contribution in [1.82, 2.24) is 29.8 Å². The Morgan fingerprint density at radius 3 is 2.56 bits per heavy atom. The lowest BCUT2D eigenvalue weighted by Gasteiger charge is -2.19. The van der Waals surface area contributed by atoms with E-state index in [1.165, 1.54) is 37.6 Å². The van der Waals surface area contributed by atoms with Gasteiger partial charge in [-0.1, -0.05) is 23.7 Å². The summed E-state index contributed by atoms with van der Waals surface area (Å²) in [6.07, 6.45) is -0.0657. The fourth-order valence-electron chi connectivity index (χ4n) is 3.30. The molecule has 0 spiro atoms. The molecule has 3 aromatic heterocycles. The second-order valence-electron chi connectivity index (χ2n) is 7.06. The van der Waals surface area contributed by atoms with Gasteiger partial charge in [-0.05, 0) is 30.7 Å². The normalized spacial score (nSPS) is 12.2. The number of halogens is 4. The van der Waals surface area contributed by atoms with Gasteiger partial charge in [0.05, 0.1) is 42.1 Å². The first kappa shape index (κ1) is 22.9. The minimum atomic E-state index is -4.87. The van der Waals surface area contributed by atoms with E-state index in [0.717, 1.165) is 15.7 Å². The van der Waals surface area contributed by atoms with Gasteiger partial charge in [0.1, 0.15) is 11.6 Å². The molecular formula is C21H14ClF3N8O. The lowest BCUT2D eigenvalue weighted by Crippen LogP contribution is -2.23. The monoisotopic (exact) mass is 486 g/mol. The molecule has 0 saturated carbocycles. The highest BCUT2D eigenvalue weighted by molar-refractivity contribution is 6.30. The summed E-state index contributed by atoms with van der Waals surface area (Å²) >= 11 is 5.97. The Balaban J connectivity index is 1.67.